The molecule has 1 saturated carbocycles. The lowest BCUT2D eigenvalue weighted by molar-refractivity contribution is -0.137. The highest BCUT2D eigenvalue weighted by atomic mass is 35.5. The van der Waals surface area contributed by atoms with Crippen LogP contribution in [0, 0.1) is 11.8 Å². The Kier molecular flexibility index (Phi) is 6.98. The Bertz CT molecular complexity index is 1390. The van der Waals surface area contributed by atoms with Gasteiger partial charge in [0.2, 0.25) is 21.8 Å². The van der Waals surface area contributed by atoms with Crippen LogP contribution in [0.4, 0.5) is 24.5 Å². The zero-order valence-electron chi connectivity index (χ0n) is 20.6. The largest absolute Gasteiger partial charge is 0.417 e. The maximum absolute atomic E-state index is 13.4. The number of nitrogens with one attached hydrogen (secondary N) is 1. The van der Waals surface area contributed by atoms with Gasteiger partial charge >= 0.3 is 6.18 Å². The number of carbonyl (C=O) groups is 2. The SMILES string of the molecule is C[C@H]1Cc2cc(S(=O)(=O)N3CCC(C(=O)Nc4ccc(Cl)c(C(F)(F)F)c4)CC3)ccc2N1C(=O)C1CC1. The second-order valence-corrected chi connectivity index (χ2v) is 12.5. The van der Waals surface area contributed by atoms with Gasteiger partial charge in [-0.05, 0) is 81.0 Å². The Balaban J connectivity index is 1.23. The van der Waals surface area contributed by atoms with Gasteiger partial charge in [-0.2, -0.15) is 17.5 Å². The molecule has 1 N–H and O–H groups in total. The number of halogens is 4. The molecule has 38 heavy (non-hydrogen) atoms. The summed E-state index contributed by atoms with van der Waals surface area (Å²) in [6, 6.07) is 7.99. The average Bonchev–Trinajstić information content (AvgIpc) is 3.66. The molecule has 0 aromatic heterocycles. The lowest BCUT2D eigenvalue weighted by Crippen LogP contribution is -2.41. The van der Waals surface area contributed by atoms with Gasteiger partial charge in [0, 0.05) is 42.3 Å². The highest BCUT2D eigenvalue weighted by molar-refractivity contribution is 7.89. The molecule has 0 bridgehead atoms. The Morgan fingerprint density at radius 2 is 1.68 bits per heavy atom. The molecule has 2 heterocycles. The van der Waals surface area contributed by atoms with Gasteiger partial charge in [0.25, 0.3) is 0 Å². The smallest absolute Gasteiger partial charge is 0.326 e. The van der Waals surface area contributed by atoms with Crippen LogP contribution in [0.5, 0.6) is 0 Å². The fraction of sp³-hybridized carbons (Fsp3) is 0.462. The van der Waals surface area contributed by atoms with Crippen molar-refractivity contribution in [3.05, 3.63) is 52.5 Å². The molecule has 0 spiro atoms. The summed E-state index contributed by atoms with van der Waals surface area (Å²) >= 11 is 5.64. The van der Waals surface area contributed by atoms with Crippen molar-refractivity contribution in [2.75, 3.05) is 23.3 Å². The standard InChI is InChI=1S/C26H27ClF3N3O4S/c1-15-12-18-13-20(5-7-23(18)33(15)25(35)17-2-3-17)38(36,37)32-10-8-16(9-11-32)24(34)31-19-4-6-22(27)21(14-19)26(28,29)30/h4-7,13-17H,2-3,8-12H2,1H3,(H,31,34)/t15-/m0/s1. The number of piperidine rings is 1. The molecule has 2 aliphatic heterocycles. The van der Waals surface area contributed by atoms with E-state index in [1.54, 1.807) is 17.0 Å². The minimum Gasteiger partial charge on any atom is -0.326 e. The molecule has 2 aromatic carbocycles. The van der Waals surface area contributed by atoms with E-state index in [2.05, 4.69) is 5.32 Å². The number of sulfonamides is 1. The first-order chi connectivity index (χ1) is 17.9. The molecule has 12 heteroatoms. The van der Waals surface area contributed by atoms with Gasteiger partial charge in [0.1, 0.15) is 0 Å². The van der Waals surface area contributed by atoms with Crippen LogP contribution in [0.25, 0.3) is 0 Å². The Labute approximate surface area is 224 Å². The van der Waals surface area contributed by atoms with Crippen molar-refractivity contribution in [1.82, 2.24) is 4.31 Å². The fourth-order valence-corrected chi connectivity index (χ4v) is 6.95. The predicted molar refractivity (Wildman–Crippen MR) is 136 cm³/mol. The molecule has 5 rings (SSSR count). The molecule has 1 aliphatic carbocycles. The minimum absolute atomic E-state index is 0.0247. The predicted octanol–water partition coefficient (Wildman–Crippen LogP) is 5.09. The number of fused-ring (bicyclic) bond motifs is 1. The fourth-order valence-electron chi connectivity index (χ4n) is 5.20. The van der Waals surface area contributed by atoms with E-state index >= 15 is 0 Å². The zero-order chi connectivity index (χ0) is 27.4. The van der Waals surface area contributed by atoms with Crippen LogP contribution in [0.15, 0.2) is 41.3 Å². The molecule has 0 unspecified atom stereocenters. The summed E-state index contributed by atoms with van der Waals surface area (Å²) in [6.07, 6.45) is -1.82. The van der Waals surface area contributed by atoms with Crippen molar-refractivity contribution in [1.29, 1.82) is 0 Å². The number of amides is 2. The van der Waals surface area contributed by atoms with Gasteiger partial charge < -0.3 is 10.2 Å². The quantitative estimate of drug-likeness (QED) is 0.544. The van der Waals surface area contributed by atoms with E-state index in [4.69, 9.17) is 11.6 Å². The summed E-state index contributed by atoms with van der Waals surface area (Å²) in [5.41, 5.74) is 0.521. The first-order valence-electron chi connectivity index (χ1n) is 12.5. The van der Waals surface area contributed by atoms with Crippen LogP contribution < -0.4 is 10.2 Å². The van der Waals surface area contributed by atoms with E-state index in [1.165, 1.54) is 16.4 Å². The number of alkyl halides is 3. The number of benzene rings is 2. The molecule has 2 amide bonds. The van der Waals surface area contributed by atoms with Crippen LogP contribution in [0.1, 0.15) is 43.7 Å². The molecule has 1 saturated heterocycles. The van der Waals surface area contributed by atoms with Crippen molar-refractivity contribution >= 4 is 44.8 Å². The molecule has 2 aromatic rings. The first-order valence-corrected chi connectivity index (χ1v) is 14.3. The van der Waals surface area contributed by atoms with Crippen molar-refractivity contribution < 1.29 is 31.2 Å². The van der Waals surface area contributed by atoms with Crippen molar-refractivity contribution in [2.45, 2.75) is 56.1 Å². The van der Waals surface area contributed by atoms with E-state index in [9.17, 15) is 31.2 Å². The molecule has 2 fully saturated rings. The van der Waals surface area contributed by atoms with E-state index < -0.39 is 38.6 Å². The van der Waals surface area contributed by atoms with Gasteiger partial charge in [-0.25, -0.2) is 8.42 Å². The molecule has 0 radical (unpaired) electrons. The normalized spacial score (nSPS) is 20.9. The molecular weight excluding hydrogens is 543 g/mol. The number of anilines is 2. The van der Waals surface area contributed by atoms with Crippen molar-refractivity contribution in [3.8, 4) is 0 Å². The minimum atomic E-state index is -4.65. The highest BCUT2D eigenvalue weighted by Crippen LogP contribution is 2.40. The van der Waals surface area contributed by atoms with Gasteiger partial charge in [0.15, 0.2) is 0 Å². The Morgan fingerprint density at radius 3 is 2.32 bits per heavy atom. The van der Waals surface area contributed by atoms with Gasteiger partial charge in [-0.3, -0.25) is 9.59 Å². The van der Waals surface area contributed by atoms with Crippen LogP contribution in [-0.2, 0) is 32.2 Å². The number of carbonyl (C=O) groups excluding carboxylic acids is 2. The maximum Gasteiger partial charge on any atom is 0.417 e. The summed E-state index contributed by atoms with van der Waals surface area (Å²) in [7, 11) is -3.82. The van der Waals surface area contributed by atoms with Gasteiger partial charge in [-0.1, -0.05) is 11.6 Å². The van der Waals surface area contributed by atoms with Crippen LogP contribution in [0.3, 0.4) is 0 Å². The molecule has 3 aliphatic rings. The molecule has 1 atom stereocenters. The van der Waals surface area contributed by atoms with Crippen LogP contribution in [-0.4, -0.2) is 43.7 Å². The van der Waals surface area contributed by atoms with Gasteiger partial charge in [-0.15, -0.1) is 0 Å². The number of nitrogens with zero attached hydrogens (tertiary/aromatic N) is 2. The number of hydrogen-bond acceptors (Lipinski definition) is 4. The monoisotopic (exact) mass is 569 g/mol. The average molecular weight is 570 g/mol. The van der Waals surface area contributed by atoms with E-state index in [-0.39, 0.29) is 54.4 Å². The molecular formula is C26H27ClF3N3O4S. The summed E-state index contributed by atoms with van der Waals surface area (Å²) in [5.74, 6) is -0.851. The first kappa shape index (κ1) is 27.0. The number of hydrogen-bond donors (Lipinski definition) is 1. The highest BCUT2D eigenvalue weighted by Gasteiger charge is 2.40. The maximum atomic E-state index is 13.4. The third-order valence-electron chi connectivity index (χ3n) is 7.43. The van der Waals surface area contributed by atoms with Crippen LogP contribution in [0.2, 0.25) is 5.02 Å². The van der Waals surface area contributed by atoms with E-state index in [0.29, 0.717) is 6.42 Å². The summed E-state index contributed by atoms with van der Waals surface area (Å²) in [5, 5.41) is 2.04. The van der Waals surface area contributed by atoms with Crippen molar-refractivity contribution in [3.63, 3.8) is 0 Å². The van der Waals surface area contributed by atoms with E-state index in [1.807, 2.05) is 6.92 Å². The number of rotatable bonds is 5. The Hall–Kier alpha value is -2.63. The van der Waals surface area contributed by atoms with Gasteiger partial charge in [0.05, 0.1) is 15.5 Å². The van der Waals surface area contributed by atoms with Crippen molar-refractivity contribution in [2.24, 2.45) is 11.8 Å². The van der Waals surface area contributed by atoms with E-state index in [0.717, 1.165) is 36.2 Å². The summed E-state index contributed by atoms with van der Waals surface area (Å²) in [4.78, 5) is 27.3. The molecule has 204 valence electrons. The summed E-state index contributed by atoms with van der Waals surface area (Å²) < 4.78 is 67.4. The summed E-state index contributed by atoms with van der Waals surface area (Å²) in [6.45, 7) is 2.17. The second-order valence-electron chi connectivity index (χ2n) is 10.2. The lowest BCUT2D eigenvalue weighted by Gasteiger charge is -2.30. The van der Waals surface area contributed by atoms with Crippen LogP contribution >= 0.6 is 11.6 Å². The lowest BCUT2D eigenvalue weighted by atomic mass is 9.97. The topological polar surface area (TPSA) is 86.8 Å². The molecule has 7 nitrogen and oxygen atoms in total. The zero-order valence-corrected chi connectivity index (χ0v) is 22.2. The Morgan fingerprint density at radius 1 is 1.00 bits per heavy atom. The second kappa shape index (κ2) is 9.84. The third-order valence-corrected chi connectivity index (χ3v) is 9.66. The third kappa shape index (κ3) is 5.15.